The van der Waals surface area contributed by atoms with Crippen LogP contribution in [0.2, 0.25) is 0 Å². The van der Waals surface area contributed by atoms with Crippen LogP contribution in [-0.2, 0) is 4.74 Å². The number of alkyl halides is 1. The Balaban J connectivity index is 1.85. The van der Waals surface area contributed by atoms with Crippen molar-refractivity contribution >= 4 is 11.6 Å². The molecule has 20 heavy (non-hydrogen) atoms. The Morgan fingerprint density at radius 2 is 1.75 bits per heavy atom. The van der Waals surface area contributed by atoms with Crippen molar-refractivity contribution in [3.63, 3.8) is 0 Å². The highest BCUT2D eigenvalue weighted by atomic mass is 35.5. The minimum atomic E-state index is -0.0687. The van der Waals surface area contributed by atoms with E-state index in [1.54, 1.807) is 0 Å². The first-order valence-corrected chi connectivity index (χ1v) is 7.70. The Morgan fingerprint density at radius 1 is 1.05 bits per heavy atom. The molecular formula is C16H21ClO3. The standard InChI is InChI=1S/C16H21ClO3/c1-9-10(2)20-11(3)15(9)16(17)12-4-5-13-14(8-12)19-7-6-18-13/h4-5,8-11,15-16H,6-7H2,1-3H3. The van der Waals surface area contributed by atoms with Crippen LogP contribution in [0, 0.1) is 11.8 Å². The highest BCUT2D eigenvalue weighted by molar-refractivity contribution is 6.21. The lowest BCUT2D eigenvalue weighted by molar-refractivity contribution is 0.0508. The molecule has 0 spiro atoms. The molecular weight excluding hydrogens is 276 g/mol. The number of hydrogen-bond acceptors (Lipinski definition) is 3. The number of fused-ring (bicyclic) bond motifs is 1. The summed E-state index contributed by atoms with van der Waals surface area (Å²) in [6.45, 7) is 7.65. The van der Waals surface area contributed by atoms with Crippen LogP contribution in [0.3, 0.4) is 0 Å². The first-order chi connectivity index (χ1) is 9.58. The van der Waals surface area contributed by atoms with Gasteiger partial charge in [0.1, 0.15) is 13.2 Å². The molecule has 2 aliphatic heterocycles. The van der Waals surface area contributed by atoms with Crippen LogP contribution in [-0.4, -0.2) is 25.4 Å². The average Bonchev–Trinajstić information content (AvgIpc) is 2.71. The minimum Gasteiger partial charge on any atom is -0.486 e. The number of halogens is 1. The quantitative estimate of drug-likeness (QED) is 0.777. The highest BCUT2D eigenvalue weighted by Gasteiger charge is 2.41. The first-order valence-electron chi connectivity index (χ1n) is 7.27. The molecule has 110 valence electrons. The van der Waals surface area contributed by atoms with E-state index in [2.05, 4.69) is 20.8 Å². The summed E-state index contributed by atoms with van der Waals surface area (Å²) in [7, 11) is 0. The predicted octanol–water partition coefficient (Wildman–Crippen LogP) is 3.80. The first kappa shape index (κ1) is 14.0. The maximum Gasteiger partial charge on any atom is 0.161 e. The van der Waals surface area contributed by atoms with Gasteiger partial charge < -0.3 is 14.2 Å². The molecule has 0 saturated carbocycles. The molecule has 2 aliphatic rings. The lowest BCUT2D eigenvalue weighted by Crippen LogP contribution is -2.22. The minimum absolute atomic E-state index is 0.0687. The summed E-state index contributed by atoms with van der Waals surface area (Å²) >= 11 is 6.73. The van der Waals surface area contributed by atoms with Crippen molar-refractivity contribution in [3.8, 4) is 11.5 Å². The Morgan fingerprint density at radius 3 is 2.40 bits per heavy atom. The van der Waals surface area contributed by atoms with Crippen molar-refractivity contribution in [3.05, 3.63) is 23.8 Å². The van der Waals surface area contributed by atoms with Gasteiger partial charge in [-0.15, -0.1) is 11.6 Å². The number of rotatable bonds is 2. The van der Waals surface area contributed by atoms with Gasteiger partial charge in [-0.2, -0.15) is 0 Å². The van der Waals surface area contributed by atoms with Crippen molar-refractivity contribution in [2.75, 3.05) is 13.2 Å². The SMILES string of the molecule is CC1OC(C)C(C(Cl)c2ccc3c(c2)OCCO3)C1C. The third-order valence-electron chi connectivity index (χ3n) is 4.54. The van der Waals surface area contributed by atoms with Crippen molar-refractivity contribution in [2.24, 2.45) is 11.8 Å². The molecule has 0 amide bonds. The molecule has 0 N–H and O–H groups in total. The summed E-state index contributed by atoms with van der Waals surface area (Å²) in [4.78, 5) is 0. The van der Waals surface area contributed by atoms with Crippen LogP contribution < -0.4 is 9.47 Å². The number of ether oxygens (including phenoxy) is 3. The maximum atomic E-state index is 6.73. The Hall–Kier alpha value is -0.930. The van der Waals surface area contributed by atoms with Crippen LogP contribution in [0.4, 0.5) is 0 Å². The fourth-order valence-corrected chi connectivity index (χ4v) is 3.82. The molecule has 5 unspecified atom stereocenters. The van der Waals surface area contributed by atoms with E-state index in [1.807, 2.05) is 18.2 Å². The van der Waals surface area contributed by atoms with Gasteiger partial charge in [0.2, 0.25) is 0 Å². The molecule has 0 bridgehead atoms. The molecule has 1 aromatic carbocycles. The molecule has 1 fully saturated rings. The van der Waals surface area contributed by atoms with E-state index in [1.165, 1.54) is 0 Å². The van der Waals surface area contributed by atoms with Gasteiger partial charge >= 0.3 is 0 Å². The lowest BCUT2D eigenvalue weighted by Gasteiger charge is -2.26. The zero-order chi connectivity index (χ0) is 14.3. The van der Waals surface area contributed by atoms with Gasteiger partial charge in [-0.3, -0.25) is 0 Å². The Bertz CT molecular complexity index is 491. The monoisotopic (exact) mass is 296 g/mol. The topological polar surface area (TPSA) is 27.7 Å². The molecule has 3 rings (SSSR count). The van der Waals surface area contributed by atoms with Gasteiger partial charge in [-0.05, 0) is 37.5 Å². The van der Waals surface area contributed by atoms with Crippen LogP contribution in [0.1, 0.15) is 31.7 Å². The van der Waals surface area contributed by atoms with E-state index in [-0.39, 0.29) is 17.6 Å². The van der Waals surface area contributed by atoms with Gasteiger partial charge in [0.25, 0.3) is 0 Å². The van der Waals surface area contributed by atoms with E-state index in [4.69, 9.17) is 25.8 Å². The molecule has 0 radical (unpaired) electrons. The van der Waals surface area contributed by atoms with Gasteiger partial charge in [-0.25, -0.2) is 0 Å². The summed E-state index contributed by atoms with van der Waals surface area (Å²) in [6, 6.07) is 6.00. The van der Waals surface area contributed by atoms with E-state index in [0.29, 0.717) is 25.0 Å². The normalized spacial score (nSPS) is 34.0. The summed E-state index contributed by atoms with van der Waals surface area (Å²) in [5, 5.41) is -0.0687. The molecule has 2 heterocycles. The number of benzene rings is 1. The second-order valence-electron chi connectivity index (χ2n) is 5.79. The van der Waals surface area contributed by atoms with Gasteiger partial charge in [0.05, 0.1) is 17.6 Å². The molecule has 5 atom stereocenters. The number of hydrogen-bond donors (Lipinski definition) is 0. The van der Waals surface area contributed by atoms with Crippen molar-refractivity contribution < 1.29 is 14.2 Å². The van der Waals surface area contributed by atoms with Gasteiger partial charge in [0, 0.05) is 5.92 Å². The van der Waals surface area contributed by atoms with Crippen LogP contribution >= 0.6 is 11.6 Å². The molecule has 1 saturated heterocycles. The van der Waals surface area contributed by atoms with Crippen molar-refractivity contribution in [1.82, 2.24) is 0 Å². The van der Waals surface area contributed by atoms with Crippen LogP contribution in [0.15, 0.2) is 18.2 Å². The smallest absolute Gasteiger partial charge is 0.161 e. The van der Waals surface area contributed by atoms with Crippen molar-refractivity contribution in [2.45, 2.75) is 38.4 Å². The second-order valence-corrected chi connectivity index (χ2v) is 6.26. The summed E-state index contributed by atoms with van der Waals surface area (Å²) in [5.41, 5.74) is 1.08. The molecule has 0 aromatic heterocycles. The Labute approximate surface area is 125 Å². The summed E-state index contributed by atoms with van der Waals surface area (Å²) < 4.78 is 17.1. The zero-order valence-corrected chi connectivity index (χ0v) is 12.9. The fraction of sp³-hybridized carbons (Fsp3) is 0.625. The predicted molar refractivity (Wildman–Crippen MR) is 78.7 cm³/mol. The Kier molecular flexibility index (Phi) is 3.83. The molecule has 1 aromatic rings. The lowest BCUT2D eigenvalue weighted by atomic mass is 9.84. The summed E-state index contributed by atoms with van der Waals surface area (Å²) in [6.07, 6.45) is 0.434. The molecule has 0 aliphatic carbocycles. The highest BCUT2D eigenvalue weighted by Crippen LogP contribution is 2.45. The fourth-order valence-electron chi connectivity index (χ4n) is 3.25. The second kappa shape index (κ2) is 5.45. The van der Waals surface area contributed by atoms with E-state index < -0.39 is 0 Å². The van der Waals surface area contributed by atoms with Crippen molar-refractivity contribution in [1.29, 1.82) is 0 Å². The van der Waals surface area contributed by atoms with Gasteiger partial charge in [0.15, 0.2) is 11.5 Å². The average molecular weight is 297 g/mol. The van der Waals surface area contributed by atoms with Gasteiger partial charge in [-0.1, -0.05) is 13.0 Å². The van der Waals surface area contributed by atoms with E-state index >= 15 is 0 Å². The van der Waals surface area contributed by atoms with Crippen LogP contribution in [0.5, 0.6) is 11.5 Å². The maximum absolute atomic E-state index is 6.73. The molecule has 3 nitrogen and oxygen atoms in total. The van der Waals surface area contributed by atoms with Crippen LogP contribution in [0.25, 0.3) is 0 Å². The molecule has 4 heteroatoms. The summed E-state index contributed by atoms with van der Waals surface area (Å²) in [5.74, 6) is 2.36. The largest absolute Gasteiger partial charge is 0.486 e. The third-order valence-corrected chi connectivity index (χ3v) is 5.08. The van der Waals surface area contributed by atoms with E-state index in [9.17, 15) is 0 Å². The third kappa shape index (κ3) is 2.38. The zero-order valence-electron chi connectivity index (χ0n) is 12.1. The van der Waals surface area contributed by atoms with E-state index in [0.717, 1.165) is 17.1 Å².